The van der Waals surface area contributed by atoms with Crippen molar-refractivity contribution in [3.63, 3.8) is 0 Å². The summed E-state index contributed by atoms with van der Waals surface area (Å²) in [6, 6.07) is 48.8. The second-order valence-corrected chi connectivity index (χ2v) is 12.0. The molecule has 0 saturated carbocycles. The van der Waals surface area contributed by atoms with E-state index in [1.54, 1.807) is 0 Å². The zero-order valence-electron chi connectivity index (χ0n) is 26.3. The number of amides is 1. The van der Waals surface area contributed by atoms with Crippen molar-refractivity contribution in [2.75, 3.05) is 5.32 Å². The second-order valence-electron chi connectivity index (χ2n) is 12.0. The molecule has 2 aliphatic heterocycles. The Morgan fingerprint density at radius 3 is 1.20 bits per heavy atom. The molecule has 2 aliphatic rings. The Labute approximate surface area is 282 Å². The van der Waals surface area contributed by atoms with Crippen molar-refractivity contribution in [1.29, 1.82) is 0 Å². The van der Waals surface area contributed by atoms with Crippen molar-refractivity contribution in [3.8, 4) is 44.5 Å². The van der Waals surface area contributed by atoms with E-state index in [0.717, 1.165) is 72.4 Å². The molecule has 0 atom stereocenters. The first-order chi connectivity index (χ1) is 24.2. The van der Waals surface area contributed by atoms with Crippen molar-refractivity contribution in [1.82, 2.24) is 19.9 Å². The number of fused-ring (bicyclic) bond motifs is 8. The molecular weight excluding hydrogens is 603 g/mol. The van der Waals surface area contributed by atoms with Crippen molar-refractivity contribution >= 4 is 45.9 Å². The van der Waals surface area contributed by atoms with Gasteiger partial charge in [-0.2, -0.15) is 0 Å². The van der Waals surface area contributed by atoms with Crippen LogP contribution in [0.25, 0.3) is 78.7 Å². The van der Waals surface area contributed by atoms with E-state index in [0.29, 0.717) is 17.1 Å². The third kappa shape index (κ3) is 5.03. The highest BCUT2D eigenvalue weighted by Crippen LogP contribution is 2.38. The number of nitrogens with zero attached hydrogens (tertiary/aromatic N) is 2. The lowest BCUT2D eigenvalue weighted by molar-refractivity contribution is 0.102. The van der Waals surface area contributed by atoms with Gasteiger partial charge in [0, 0.05) is 38.8 Å². The molecule has 0 fully saturated rings. The van der Waals surface area contributed by atoms with Crippen molar-refractivity contribution < 1.29 is 4.79 Å². The molecule has 0 spiro atoms. The number of benzene rings is 4. The van der Waals surface area contributed by atoms with Crippen molar-refractivity contribution in [2.45, 2.75) is 0 Å². The van der Waals surface area contributed by atoms with E-state index in [1.807, 2.05) is 103 Å². The van der Waals surface area contributed by atoms with Crippen LogP contribution in [0.1, 0.15) is 21.9 Å². The average Bonchev–Trinajstić information content (AvgIpc) is 3.98. The number of anilines is 1. The molecule has 232 valence electrons. The average molecular weight is 632 g/mol. The summed E-state index contributed by atoms with van der Waals surface area (Å²) in [6.07, 6.45) is 4.18. The fraction of sp³-hybridized carbons (Fsp3) is 0. The Kier molecular flexibility index (Phi) is 6.84. The molecule has 4 aromatic carbocycles. The fourth-order valence-corrected chi connectivity index (χ4v) is 6.80. The van der Waals surface area contributed by atoms with Gasteiger partial charge >= 0.3 is 0 Å². The first-order valence-electron chi connectivity index (χ1n) is 16.2. The first kappa shape index (κ1) is 28.4. The van der Waals surface area contributed by atoms with Crippen LogP contribution in [-0.2, 0) is 0 Å². The molecule has 1 amide bonds. The Bertz CT molecular complexity index is 2570. The third-order valence-electron chi connectivity index (χ3n) is 9.00. The second kappa shape index (κ2) is 11.8. The summed E-state index contributed by atoms with van der Waals surface area (Å²) in [4.78, 5) is 31.8. The number of aromatic amines is 2. The minimum atomic E-state index is -0.264. The number of carbonyl (C=O) groups is 1. The summed E-state index contributed by atoms with van der Waals surface area (Å²) in [5, 5.41) is 3.13. The van der Waals surface area contributed by atoms with E-state index >= 15 is 0 Å². The predicted octanol–water partition coefficient (Wildman–Crippen LogP) is 10.4. The van der Waals surface area contributed by atoms with Crippen LogP contribution in [0.2, 0.25) is 0 Å². The van der Waals surface area contributed by atoms with E-state index in [-0.39, 0.29) is 5.91 Å². The lowest BCUT2D eigenvalue weighted by atomic mass is 10.0. The molecule has 0 saturated heterocycles. The lowest BCUT2D eigenvalue weighted by Crippen LogP contribution is -2.06. The summed E-state index contributed by atoms with van der Waals surface area (Å²) < 4.78 is 0. The van der Waals surface area contributed by atoms with Crippen LogP contribution in [0.4, 0.5) is 5.82 Å². The van der Waals surface area contributed by atoms with Gasteiger partial charge in [0.1, 0.15) is 11.5 Å². The van der Waals surface area contributed by atoms with Gasteiger partial charge in [-0.3, -0.25) is 4.79 Å². The summed E-state index contributed by atoms with van der Waals surface area (Å²) in [7, 11) is 0. The lowest BCUT2D eigenvalue weighted by Gasteiger charge is -2.06. The van der Waals surface area contributed by atoms with Crippen LogP contribution in [0.15, 0.2) is 146 Å². The van der Waals surface area contributed by atoms with Gasteiger partial charge in [0.15, 0.2) is 0 Å². The summed E-state index contributed by atoms with van der Waals surface area (Å²) in [6.45, 7) is 0. The normalized spacial score (nSPS) is 12.2. The number of hydrogen-bond acceptors (Lipinski definition) is 3. The fourth-order valence-electron chi connectivity index (χ4n) is 6.80. The molecule has 0 radical (unpaired) electrons. The Morgan fingerprint density at radius 1 is 0.388 bits per heavy atom. The Morgan fingerprint density at radius 2 is 0.755 bits per heavy atom. The van der Waals surface area contributed by atoms with E-state index in [4.69, 9.17) is 9.97 Å². The van der Waals surface area contributed by atoms with E-state index < -0.39 is 0 Å². The molecule has 9 rings (SSSR count). The van der Waals surface area contributed by atoms with Crippen LogP contribution in [0, 0.1) is 0 Å². The molecule has 6 nitrogen and oxygen atoms in total. The van der Waals surface area contributed by atoms with Crippen LogP contribution in [0.3, 0.4) is 0 Å². The number of hydrogen-bond donors (Lipinski definition) is 3. The minimum absolute atomic E-state index is 0.264. The molecule has 6 heteroatoms. The van der Waals surface area contributed by atoms with Gasteiger partial charge in [0.25, 0.3) is 5.91 Å². The molecule has 5 heterocycles. The maximum Gasteiger partial charge on any atom is 0.276 e. The van der Waals surface area contributed by atoms with Gasteiger partial charge in [-0.05, 0) is 58.7 Å². The predicted molar refractivity (Wildman–Crippen MR) is 200 cm³/mol. The van der Waals surface area contributed by atoms with Crippen LogP contribution in [0.5, 0.6) is 0 Å². The standard InChI is InChI=1S/C43H29N5O/c49-43-41-39(29-17-9-3-10-18-29)35-25-23-33(45-35)37(27-13-5-1-6-14-27)31-21-22-32(44-31)38(28-15-7-2-8-16-28)34-24-26-36(46-34)40(42(47-41)48-43)30-19-11-4-12-20-30/h1-26,45-46H,(H,47,48,49). The molecule has 3 aromatic heterocycles. The quantitative estimate of drug-likeness (QED) is 0.181. The van der Waals surface area contributed by atoms with E-state index in [9.17, 15) is 4.79 Å². The van der Waals surface area contributed by atoms with Gasteiger partial charge in [0.05, 0.1) is 16.9 Å². The zero-order valence-corrected chi connectivity index (χ0v) is 26.3. The van der Waals surface area contributed by atoms with E-state index in [2.05, 4.69) is 69.9 Å². The zero-order chi connectivity index (χ0) is 32.7. The van der Waals surface area contributed by atoms with Crippen LogP contribution in [-0.4, -0.2) is 25.8 Å². The molecular formula is C43H29N5O. The number of nitrogens with one attached hydrogen (secondary N) is 3. The number of H-pyrrole nitrogens is 2. The summed E-state index contributed by atoms with van der Waals surface area (Å²) in [5.74, 6) is 0.221. The molecule has 0 aliphatic carbocycles. The van der Waals surface area contributed by atoms with Gasteiger partial charge in [0.2, 0.25) is 0 Å². The highest BCUT2D eigenvalue weighted by atomic mass is 16.2. The van der Waals surface area contributed by atoms with Gasteiger partial charge in [-0.1, -0.05) is 121 Å². The highest BCUT2D eigenvalue weighted by molar-refractivity contribution is 6.14. The number of rotatable bonds is 4. The maximum atomic E-state index is 14.0. The molecule has 7 aromatic rings. The molecule has 8 bridgehead atoms. The molecule has 49 heavy (non-hydrogen) atoms. The monoisotopic (exact) mass is 631 g/mol. The molecule has 3 N–H and O–H groups in total. The van der Waals surface area contributed by atoms with Gasteiger partial charge in [-0.15, -0.1) is 0 Å². The topological polar surface area (TPSA) is 86.5 Å². The minimum Gasteiger partial charge on any atom is -0.354 e. The molecule has 0 unspecified atom stereocenters. The number of aromatic nitrogens is 4. The number of carbonyl (C=O) groups excluding carboxylic acids is 1. The van der Waals surface area contributed by atoms with Crippen LogP contribution < -0.4 is 5.32 Å². The first-order valence-corrected chi connectivity index (χ1v) is 16.2. The summed E-state index contributed by atoms with van der Waals surface area (Å²) in [5.41, 5.74) is 12.7. The Balaban J connectivity index is 1.50. The van der Waals surface area contributed by atoms with E-state index in [1.165, 1.54) is 0 Å². The SMILES string of the molecule is O=C1Nc2nc1c(-c1ccccc1)c1ccc([nH]1)c(-c1ccccc1)c1nc(c(-c3ccccc3)c3ccc([nH]3)c2-c2ccccc2)C=C1. The summed E-state index contributed by atoms with van der Waals surface area (Å²) >= 11 is 0. The van der Waals surface area contributed by atoms with Gasteiger partial charge < -0.3 is 15.3 Å². The van der Waals surface area contributed by atoms with Crippen molar-refractivity contribution in [3.05, 3.63) is 163 Å². The largest absolute Gasteiger partial charge is 0.354 e. The maximum absolute atomic E-state index is 14.0. The van der Waals surface area contributed by atoms with Crippen LogP contribution >= 0.6 is 0 Å². The van der Waals surface area contributed by atoms with Crippen molar-refractivity contribution in [2.24, 2.45) is 0 Å². The third-order valence-corrected chi connectivity index (χ3v) is 9.00. The highest BCUT2D eigenvalue weighted by Gasteiger charge is 2.25. The smallest absolute Gasteiger partial charge is 0.276 e. The Hall–Kier alpha value is -6.79. The van der Waals surface area contributed by atoms with Gasteiger partial charge in [-0.25, -0.2) is 9.97 Å².